The molecule has 3 aromatic rings. The summed E-state index contributed by atoms with van der Waals surface area (Å²) in [6.45, 7) is 1.38. The number of ether oxygens (including phenoxy) is 1. The Hall–Kier alpha value is -2.65. The standard InChI is InChI=1S/C16H15N5O3S/c22-13(8-11-2-7-25-10-11)21-5-6-23-12(9-21)16-19-15(20-24-16)14-17-3-1-4-18-14/h1-4,7,10,12H,5-6,8-9H2. The third kappa shape index (κ3) is 3.57. The predicted octanol–water partition coefficient (Wildman–Crippen LogP) is 1.73. The molecule has 0 radical (unpaired) electrons. The van der Waals surface area contributed by atoms with Gasteiger partial charge in [-0.1, -0.05) is 5.16 Å². The Kier molecular flexibility index (Phi) is 4.49. The zero-order valence-electron chi connectivity index (χ0n) is 13.2. The first-order valence-electron chi connectivity index (χ1n) is 7.81. The van der Waals surface area contributed by atoms with Crippen molar-refractivity contribution in [1.82, 2.24) is 25.0 Å². The van der Waals surface area contributed by atoms with Gasteiger partial charge in [0.2, 0.25) is 17.6 Å². The number of carbonyl (C=O) groups is 1. The van der Waals surface area contributed by atoms with Gasteiger partial charge in [-0.05, 0) is 28.5 Å². The van der Waals surface area contributed by atoms with E-state index in [0.29, 0.717) is 43.7 Å². The Balaban J connectivity index is 1.44. The van der Waals surface area contributed by atoms with Crippen molar-refractivity contribution in [3.05, 3.63) is 46.7 Å². The molecule has 1 amide bonds. The summed E-state index contributed by atoms with van der Waals surface area (Å²) in [5.74, 6) is 1.09. The van der Waals surface area contributed by atoms with Crippen LogP contribution in [0, 0.1) is 0 Å². The number of morpholine rings is 1. The van der Waals surface area contributed by atoms with Crippen molar-refractivity contribution < 1.29 is 14.1 Å². The zero-order chi connectivity index (χ0) is 17.1. The number of amides is 1. The number of hydrogen-bond acceptors (Lipinski definition) is 8. The molecule has 9 heteroatoms. The summed E-state index contributed by atoms with van der Waals surface area (Å²) >= 11 is 1.59. The summed E-state index contributed by atoms with van der Waals surface area (Å²) in [5.41, 5.74) is 1.03. The molecule has 128 valence electrons. The van der Waals surface area contributed by atoms with E-state index in [1.54, 1.807) is 34.7 Å². The van der Waals surface area contributed by atoms with Gasteiger partial charge in [-0.25, -0.2) is 9.97 Å². The van der Waals surface area contributed by atoms with Gasteiger partial charge >= 0.3 is 0 Å². The summed E-state index contributed by atoms with van der Waals surface area (Å²) in [6.07, 6.45) is 3.18. The monoisotopic (exact) mass is 357 g/mol. The van der Waals surface area contributed by atoms with Gasteiger partial charge in [-0.15, -0.1) is 0 Å². The van der Waals surface area contributed by atoms with Crippen LogP contribution in [0.15, 0.2) is 39.8 Å². The molecule has 0 N–H and O–H groups in total. The van der Waals surface area contributed by atoms with Gasteiger partial charge in [0.1, 0.15) is 0 Å². The molecule has 1 aliphatic rings. The van der Waals surface area contributed by atoms with Gasteiger partial charge in [0.15, 0.2) is 6.10 Å². The maximum absolute atomic E-state index is 12.5. The number of thiophene rings is 1. The molecule has 0 aliphatic carbocycles. The van der Waals surface area contributed by atoms with Crippen LogP contribution >= 0.6 is 11.3 Å². The average molecular weight is 357 g/mol. The van der Waals surface area contributed by atoms with Crippen molar-refractivity contribution in [2.75, 3.05) is 19.7 Å². The lowest BCUT2D eigenvalue weighted by Crippen LogP contribution is -2.43. The van der Waals surface area contributed by atoms with Gasteiger partial charge in [0.25, 0.3) is 5.89 Å². The molecule has 1 saturated heterocycles. The molecule has 4 rings (SSSR count). The summed E-state index contributed by atoms with van der Waals surface area (Å²) in [4.78, 5) is 26.7. The second kappa shape index (κ2) is 7.08. The zero-order valence-corrected chi connectivity index (χ0v) is 14.1. The van der Waals surface area contributed by atoms with E-state index < -0.39 is 6.10 Å². The average Bonchev–Trinajstić information content (AvgIpc) is 3.34. The van der Waals surface area contributed by atoms with Crippen molar-refractivity contribution in [3.8, 4) is 11.6 Å². The van der Waals surface area contributed by atoms with E-state index in [0.717, 1.165) is 5.56 Å². The Morgan fingerprint density at radius 1 is 1.32 bits per heavy atom. The van der Waals surface area contributed by atoms with Crippen LogP contribution in [0.25, 0.3) is 11.6 Å². The third-order valence-electron chi connectivity index (χ3n) is 3.84. The van der Waals surface area contributed by atoms with Crippen molar-refractivity contribution in [2.45, 2.75) is 12.5 Å². The number of hydrogen-bond donors (Lipinski definition) is 0. The lowest BCUT2D eigenvalue weighted by atomic mass is 10.2. The van der Waals surface area contributed by atoms with Crippen molar-refractivity contribution in [3.63, 3.8) is 0 Å². The van der Waals surface area contributed by atoms with E-state index >= 15 is 0 Å². The lowest BCUT2D eigenvalue weighted by molar-refractivity contribution is -0.139. The Labute approximate surface area is 147 Å². The first-order valence-corrected chi connectivity index (χ1v) is 8.75. The fourth-order valence-electron chi connectivity index (χ4n) is 2.58. The summed E-state index contributed by atoms with van der Waals surface area (Å²) in [5, 5.41) is 7.85. The van der Waals surface area contributed by atoms with Crippen molar-refractivity contribution in [2.24, 2.45) is 0 Å². The molecule has 4 heterocycles. The van der Waals surface area contributed by atoms with Crippen LogP contribution in [0.4, 0.5) is 0 Å². The molecule has 25 heavy (non-hydrogen) atoms. The Morgan fingerprint density at radius 3 is 3.00 bits per heavy atom. The quantitative estimate of drug-likeness (QED) is 0.702. The summed E-state index contributed by atoms with van der Waals surface area (Å²) < 4.78 is 11.0. The van der Waals surface area contributed by atoms with Crippen LogP contribution in [-0.4, -0.2) is 50.6 Å². The molecule has 1 unspecified atom stereocenters. The van der Waals surface area contributed by atoms with Gasteiger partial charge in [-0.2, -0.15) is 16.3 Å². The third-order valence-corrected chi connectivity index (χ3v) is 4.57. The maximum atomic E-state index is 12.5. The van der Waals surface area contributed by atoms with E-state index in [4.69, 9.17) is 9.26 Å². The number of nitrogens with zero attached hydrogens (tertiary/aromatic N) is 5. The predicted molar refractivity (Wildman–Crippen MR) is 88.6 cm³/mol. The van der Waals surface area contributed by atoms with Crippen LogP contribution in [-0.2, 0) is 16.0 Å². The van der Waals surface area contributed by atoms with Crippen LogP contribution < -0.4 is 0 Å². The van der Waals surface area contributed by atoms with Crippen LogP contribution in [0.3, 0.4) is 0 Å². The SMILES string of the molecule is O=C(Cc1ccsc1)N1CCOC(c2nc(-c3ncccn3)no2)C1. The molecule has 1 fully saturated rings. The maximum Gasteiger partial charge on any atom is 0.258 e. The Morgan fingerprint density at radius 2 is 2.20 bits per heavy atom. The first-order chi connectivity index (χ1) is 12.3. The highest BCUT2D eigenvalue weighted by molar-refractivity contribution is 7.08. The van der Waals surface area contributed by atoms with Gasteiger partial charge < -0.3 is 14.2 Å². The largest absolute Gasteiger partial charge is 0.365 e. The summed E-state index contributed by atoms with van der Waals surface area (Å²) in [6, 6.07) is 3.68. The topological polar surface area (TPSA) is 94.2 Å². The summed E-state index contributed by atoms with van der Waals surface area (Å²) in [7, 11) is 0. The second-order valence-corrected chi connectivity index (χ2v) is 6.32. The van der Waals surface area contributed by atoms with Crippen LogP contribution in [0.5, 0.6) is 0 Å². The second-order valence-electron chi connectivity index (χ2n) is 5.54. The fraction of sp³-hybridized carbons (Fsp3) is 0.312. The van der Waals surface area contributed by atoms with Gasteiger partial charge in [-0.3, -0.25) is 4.79 Å². The molecular formula is C16H15N5O3S. The minimum absolute atomic E-state index is 0.0674. The molecular weight excluding hydrogens is 342 g/mol. The molecule has 0 saturated carbocycles. The minimum atomic E-state index is -0.440. The highest BCUT2D eigenvalue weighted by Crippen LogP contribution is 2.23. The molecule has 0 aromatic carbocycles. The number of rotatable bonds is 4. The Bertz CT molecular complexity index is 837. The molecule has 0 bridgehead atoms. The van der Waals surface area contributed by atoms with Crippen molar-refractivity contribution >= 4 is 17.2 Å². The smallest absolute Gasteiger partial charge is 0.258 e. The molecule has 8 nitrogen and oxygen atoms in total. The van der Waals surface area contributed by atoms with E-state index in [9.17, 15) is 4.79 Å². The normalized spacial score (nSPS) is 17.6. The highest BCUT2D eigenvalue weighted by Gasteiger charge is 2.29. The fourth-order valence-corrected chi connectivity index (χ4v) is 3.24. The van der Waals surface area contributed by atoms with Crippen LogP contribution in [0.2, 0.25) is 0 Å². The van der Waals surface area contributed by atoms with E-state index in [2.05, 4.69) is 20.1 Å². The van der Waals surface area contributed by atoms with Gasteiger partial charge in [0, 0.05) is 18.9 Å². The lowest BCUT2D eigenvalue weighted by Gasteiger charge is -2.31. The molecule has 1 atom stereocenters. The van der Waals surface area contributed by atoms with E-state index in [1.165, 1.54) is 0 Å². The minimum Gasteiger partial charge on any atom is -0.365 e. The van der Waals surface area contributed by atoms with Gasteiger partial charge in [0.05, 0.1) is 19.6 Å². The molecule has 1 aliphatic heterocycles. The number of aromatic nitrogens is 4. The van der Waals surface area contributed by atoms with E-state index in [1.807, 2.05) is 16.8 Å². The number of carbonyl (C=O) groups excluding carboxylic acids is 1. The first kappa shape index (κ1) is 15.9. The van der Waals surface area contributed by atoms with Crippen molar-refractivity contribution in [1.29, 1.82) is 0 Å². The molecule has 3 aromatic heterocycles. The highest BCUT2D eigenvalue weighted by atomic mass is 32.1. The molecule has 0 spiro atoms. The van der Waals surface area contributed by atoms with Crippen LogP contribution in [0.1, 0.15) is 17.6 Å². The van der Waals surface area contributed by atoms with E-state index in [-0.39, 0.29) is 5.91 Å².